The molecule has 0 amide bonds. The van der Waals surface area contributed by atoms with E-state index in [4.69, 9.17) is 4.74 Å². The summed E-state index contributed by atoms with van der Waals surface area (Å²) >= 11 is 0. The number of rotatable bonds is 5. The lowest BCUT2D eigenvalue weighted by Gasteiger charge is -2.34. The van der Waals surface area contributed by atoms with Gasteiger partial charge in [-0.25, -0.2) is 18.4 Å². The third-order valence-electron chi connectivity index (χ3n) is 4.91. The van der Waals surface area contributed by atoms with E-state index in [1.54, 1.807) is 17.7 Å². The molecule has 4 rings (SSSR count). The van der Waals surface area contributed by atoms with Crippen molar-refractivity contribution in [2.45, 2.75) is 18.1 Å². The van der Waals surface area contributed by atoms with E-state index < -0.39 is 10.0 Å². The van der Waals surface area contributed by atoms with Gasteiger partial charge in [0.2, 0.25) is 10.0 Å². The molecule has 1 saturated carbocycles. The largest absolute Gasteiger partial charge is 0.497 e. The predicted octanol–water partition coefficient (Wildman–Crippen LogP) is 1.77. The lowest BCUT2D eigenvalue weighted by atomic mass is 10.1. The van der Waals surface area contributed by atoms with Crippen molar-refractivity contribution in [2.75, 3.05) is 38.2 Å². The summed E-state index contributed by atoms with van der Waals surface area (Å²) in [6.45, 7) is 2.32. The van der Waals surface area contributed by atoms with Crippen LogP contribution in [0.1, 0.15) is 12.8 Å². The Morgan fingerprint density at radius 2 is 1.73 bits per heavy atom. The van der Waals surface area contributed by atoms with E-state index in [0.717, 1.165) is 35.7 Å². The smallest absolute Gasteiger partial charge is 0.217 e. The van der Waals surface area contributed by atoms with Crippen LogP contribution in [0.2, 0.25) is 0 Å². The second kappa shape index (κ2) is 6.85. The highest BCUT2D eigenvalue weighted by Crippen LogP contribution is 2.32. The first-order chi connectivity index (χ1) is 12.6. The fourth-order valence-corrected chi connectivity index (χ4v) is 5.01. The molecule has 0 spiro atoms. The van der Waals surface area contributed by atoms with E-state index in [9.17, 15) is 8.42 Å². The van der Waals surface area contributed by atoms with Gasteiger partial charge in [-0.05, 0) is 37.1 Å². The van der Waals surface area contributed by atoms with Crippen LogP contribution in [-0.2, 0) is 10.0 Å². The Labute approximate surface area is 153 Å². The highest BCUT2D eigenvalue weighted by atomic mass is 32.2. The van der Waals surface area contributed by atoms with E-state index in [1.807, 2.05) is 30.3 Å². The third kappa shape index (κ3) is 3.39. The molecule has 138 valence electrons. The van der Waals surface area contributed by atoms with E-state index in [2.05, 4.69) is 14.9 Å². The highest BCUT2D eigenvalue weighted by Gasteiger charge is 2.41. The van der Waals surface area contributed by atoms with Gasteiger partial charge in [0.1, 0.15) is 17.9 Å². The molecule has 1 aromatic carbocycles. The molecule has 0 atom stereocenters. The molecule has 2 aliphatic rings. The number of nitrogens with zero attached hydrogens (tertiary/aromatic N) is 4. The van der Waals surface area contributed by atoms with E-state index >= 15 is 0 Å². The molecule has 0 radical (unpaired) electrons. The minimum Gasteiger partial charge on any atom is -0.497 e. The SMILES string of the molecule is COc1ccc(-c2cc(N3CCN(S(=O)(=O)C4CC4)CC3)ncn2)cc1. The highest BCUT2D eigenvalue weighted by molar-refractivity contribution is 7.90. The fraction of sp³-hybridized carbons (Fsp3) is 0.444. The molecule has 1 saturated heterocycles. The first-order valence-electron chi connectivity index (χ1n) is 8.78. The standard InChI is InChI=1S/C18H22N4O3S/c1-25-15-4-2-14(3-5-15)17-12-18(20-13-19-17)21-8-10-22(11-9-21)26(23,24)16-6-7-16/h2-5,12-13,16H,6-11H2,1H3. The summed E-state index contributed by atoms with van der Waals surface area (Å²) in [5, 5.41) is -0.144. The average molecular weight is 374 g/mol. The average Bonchev–Trinajstić information content (AvgIpc) is 3.54. The van der Waals surface area contributed by atoms with E-state index in [-0.39, 0.29) is 5.25 Å². The summed E-state index contributed by atoms with van der Waals surface area (Å²) in [5.74, 6) is 1.63. The summed E-state index contributed by atoms with van der Waals surface area (Å²) in [7, 11) is -1.45. The van der Waals surface area contributed by atoms with Crippen LogP contribution in [0, 0.1) is 0 Å². The topological polar surface area (TPSA) is 75.6 Å². The summed E-state index contributed by atoms with van der Waals surface area (Å²) < 4.78 is 31.5. The van der Waals surface area contributed by atoms with Crippen LogP contribution in [0.3, 0.4) is 0 Å². The van der Waals surface area contributed by atoms with Crippen LogP contribution in [0.5, 0.6) is 5.75 Å². The van der Waals surface area contributed by atoms with Gasteiger partial charge in [-0.15, -0.1) is 0 Å². The maximum absolute atomic E-state index is 12.4. The Morgan fingerprint density at radius 3 is 2.35 bits per heavy atom. The Kier molecular flexibility index (Phi) is 4.54. The lowest BCUT2D eigenvalue weighted by Crippen LogP contribution is -2.49. The number of hydrogen-bond donors (Lipinski definition) is 0. The van der Waals surface area contributed by atoms with E-state index in [0.29, 0.717) is 26.2 Å². The van der Waals surface area contributed by atoms with Crippen LogP contribution >= 0.6 is 0 Å². The van der Waals surface area contributed by atoms with Crippen molar-refractivity contribution in [1.82, 2.24) is 14.3 Å². The number of benzene rings is 1. The van der Waals surface area contributed by atoms with Crippen molar-refractivity contribution in [3.05, 3.63) is 36.7 Å². The number of methoxy groups -OCH3 is 1. The number of ether oxygens (including phenoxy) is 1. The molecule has 7 nitrogen and oxygen atoms in total. The molecular formula is C18H22N4O3S. The summed E-state index contributed by atoms with van der Waals surface area (Å²) in [4.78, 5) is 10.9. The van der Waals surface area contributed by atoms with Gasteiger partial charge in [-0.1, -0.05) is 0 Å². The third-order valence-corrected chi connectivity index (χ3v) is 7.31. The Bertz CT molecular complexity index is 874. The number of anilines is 1. The quantitative estimate of drug-likeness (QED) is 0.794. The Morgan fingerprint density at radius 1 is 1.04 bits per heavy atom. The molecule has 0 unspecified atom stereocenters. The number of piperazine rings is 1. The number of hydrogen-bond acceptors (Lipinski definition) is 6. The zero-order chi connectivity index (χ0) is 18.1. The molecule has 26 heavy (non-hydrogen) atoms. The lowest BCUT2D eigenvalue weighted by molar-refractivity contribution is 0.383. The molecule has 2 aromatic rings. The van der Waals surface area contributed by atoms with Crippen molar-refractivity contribution in [2.24, 2.45) is 0 Å². The van der Waals surface area contributed by atoms with Gasteiger partial charge >= 0.3 is 0 Å². The van der Waals surface area contributed by atoms with Crippen LogP contribution < -0.4 is 9.64 Å². The molecule has 1 aliphatic heterocycles. The second-order valence-electron chi connectivity index (χ2n) is 6.62. The molecule has 0 N–H and O–H groups in total. The van der Waals surface area contributed by atoms with Crippen molar-refractivity contribution in [3.8, 4) is 17.0 Å². The minimum absolute atomic E-state index is 0.144. The maximum atomic E-state index is 12.4. The Hall–Kier alpha value is -2.19. The maximum Gasteiger partial charge on any atom is 0.217 e. The Balaban J connectivity index is 1.47. The molecule has 2 fully saturated rings. The van der Waals surface area contributed by atoms with Gasteiger partial charge in [0.05, 0.1) is 18.1 Å². The zero-order valence-corrected chi connectivity index (χ0v) is 15.5. The van der Waals surface area contributed by atoms with Crippen LogP contribution in [0.4, 0.5) is 5.82 Å². The van der Waals surface area contributed by atoms with Crippen molar-refractivity contribution in [3.63, 3.8) is 0 Å². The molecule has 1 aromatic heterocycles. The van der Waals surface area contributed by atoms with Crippen LogP contribution in [0.15, 0.2) is 36.7 Å². The summed E-state index contributed by atoms with van der Waals surface area (Å²) in [6.07, 6.45) is 3.17. The van der Waals surface area contributed by atoms with Gasteiger partial charge < -0.3 is 9.64 Å². The van der Waals surface area contributed by atoms with Crippen LogP contribution in [0.25, 0.3) is 11.3 Å². The predicted molar refractivity (Wildman–Crippen MR) is 99.7 cm³/mol. The first-order valence-corrected chi connectivity index (χ1v) is 10.3. The van der Waals surface area contributed by atoms with E-state index in [1.165, 1.54) is 0 Å². The minimum atomic E-state index is -3.09. The normalized spacial score (nSPS) is 18.7. The summed E-state index contributed by atoms with van der Waals surface area (Å²) in [6, 6.07) is 9.68. The fourth-order valence-electron chi connectivity index (χ4n) is 3.19. The van der Waals surface area contributed by atoms with Crippen LogP contribution in [-0.4, -0.2) is 61.2 Å². The van der Waals surface area contributed by atoms with Gasteiger partial charge in [-0.3, -0.25) is 0 Å². The number of sulfonamides is 1. The molecule has 0 bridgehead atoms. The molecule has 8 heteroatoms. The van der Waals surface area contributed by atoms with Gasteiger partial charge in [0, 0.05) is 37.8 Å². The van der Waals surface area contributed by atoms with Gasteiger partial charge in [0.15, 0.2) is 0 Å². The zero-order valence-electron chi connectivity index (χ0n) is 14.7. The monoisotopic (exact) mass is 374 g/mol. The molecule has 2 heterocycles. The number of aromatic nitrogens is 2. The second-order valence-corrected chi connectivity index (χ2v) is 8.83. The molecule has 1 aliphatic carbocycles. The van der Waals surface area contributed by atoms with Crippen molar-refractivity contribution < 1.29 is 13.2 Å². The van der Waals surface area contributed by atoms with Crippen molar-refractivity contribution >= 4 is 15.8 Å². The van der Waals surface area contributed by atoms with Crippen molar-refractivity contribution in [1.29, 1.82) is 0 Å². The van der Waals surface area contributed by atoms with Gasteiger partial charge in [-0.2, -0.15) is 4.31 Å². The summed E-state index contributed by atoms with van der Waals surface area (Å²) in [5.41, 5.74) is 1.83. The first kappa shape index (κ1) is 17.2. The molecular weight excluding hydrogens is 352 g/mol. The van der Waals surface area contributed by atoms with Gasteiger partial charge in [0.25, 0.3) is 0 Å².